The Morgan fingerprint density at radius 1 is 1.06 bits per heavy atom. The molecule has 0 amide bonds. The molecule has 0 bridgehead atoms. The van der Waals surface area contributed by atoms with E-state index in [0.29, 0.717) is 12.0 Å². The number of carboxylic acids is 1. The number of nitrogens with two attached hydrogens (primary N) is 1. The third-order valence-corrected chi connectivity index (χ3v) is 13.1. The molecule has 0 aromatic carbocycles. The van der Waals surface area contributed by atoms with Gasteiger partial charge in [-0.1, -0.05) is 43.1 Å². The first-order valence-electron chi connectivity index (χ1n) is 22.5. The van der Waals surface area contributed by atoms with Crippen LogP contribution >= 0.6 is 0 Å². The summed E-state index contributed by atoms with van der Waals surface area (Å²) in [7, 11) is 0. The average Bonchev–Trinajstić information content (AvgIpc) is 3.89. The van der Waals surface area contributed by atoms with Gasteiger partial charge in [-0.05, 0) is 89.0 Å². The number of β-amino-alcohol motifs (C(OH)–C–C–N with tert-alkyl or cyclic N) is 1. The number of rotatable bonds is 17. The van der Waals surface area contributed by atoms with Gasteiger partial charge < -0.3 is 75.4 Å². The number of ether oxygens (including phenoxy) is 5. The summed E-state index contributed by atoms with van der Waals surface area (Å²) in [5.41, 5.74) is 8.10. The minimum atomic E-state index is -2.91. The van der Waals surface area contributed by atoms with E-state index in [2.05, 4.69) is 10.3 Å². The largest absolute Gasteiger partial charge is 0.478 e. The van der Waals surface area contributed by atoms with Gasteiger partial charge >= 0.3 is 11.9 Å². The maximum Gasteiger partial charge on any atom is 0.339 e. The number of nitrogens with zero attached hydrogens (tertiary/aromatic N) is 2. The number of hydrogen-bond acceptors (Lipinski definition) is 15. The van der Waals surface area contributed by atoms with Gasteiger partial charge in [0.25, 0.3) is 0 Å². The Bertz CT molecular complexity index is 1780. The predicted molar refractivity (Wildman–Crippen MR) is 228 cm³/mol. The highest BCUT2D eigenvalue weighted by atomic mass is 16.8. The molecule has 3 heterocycles. The van der Waals surface area contributed by atoms with Crippen LogP contribution in [0.4, 0.5) is 0 Å². The van der Waals surface area contributed by atoms with E-state index in [1.54, 1.807) is 30.9 Å². The van der Waals surface area contributed by atoms with Crippen LogP contribution in [0.3, 0.4) is 0 Å². The average molecular weight is 889 g/mol. The maximum absolute atomic E-state index is 14.5. The molecule has 352 valence electrons. The van der Waals surface area contributed by atoms with Crippen molar-refractivity contribution in [1.29, 1.82) is 0 Å². The topological polar surface area (TPSA) is 276 Å². The molecular weight excluding hydrogens is 821 g/mol. The summed E-state index contributed by atoms with van der Waals surface area (Å²) in [6.07, 6.45) is 11.2. The molecule has 8 unspecified atom stereocenters. The first-order valence-corrected chi connectivity index (χ1v) is 22.5. The summed E-state index contributed by atoms with van der Waals surface area (Å²) in [5.74, 6) is -6.48. The molecule has 18 heteroatoms. The number of aliphatic carboxylic acids is 1. The third-order valence-electron chi connectivity index (χ3n) is 13.1. The van der Waals surface area contributed by atoms with Crippen LogP contribution < -0.4 is 11.1 Å². The van der Waals surface area contributed by atoms with Crippen molar-refractivity contribution in [2.45, 2.75) is 146 Å². The smallest absolute Gasteiger partial charge is 0.339 e. The maximum atomic E-state index is 14.5. The Kier molecular flexibility index (Phi) is 16.9. The second-order valence-electron chi connectivity index (χ2n) is 18.0. The summed E-state index contributed by atoms with van der Waals surface area (Å²) in [5, 5.41) is 75.8. The number of guanidine groups is 1. The minimum Gasteiger partial charge on any atom is -0.478 e. The van der Waals surface area contributed by atoms with E-state index >= 15 is 0 Å². The van der Waals surface area contributed by atoms with Crippen molar-refractivity contribution >= 4 is 17.9 Å². The van der Waals surface area contributed by atoms with Gasteiger partial charge in [-0.2, -0.15) is 0 Å². The zero-order valence-corrected chi connectivity index (χ0v) is 36.5. The lowest BCUT2D eigenvalue weighted by Crippen LogP contribution is -2.69. The Morgan fingerprint density at radius 3 is 2.48 bits per heavy atom. The molecule has 0 radical (unpaired) electrons. The normalized spacial score (nSPS) is 31.0. The highest BCUT2D eigenvalue weighted by molar-refractivity contribution is 5.95. The van der Waals surface area contributed by atoms with Crippen LogP contribution in [0.1, 0.15) is 97.3 Å². The molecule has 1 spiro atoms. The van der Waals surface area contributed by atoms with Crippen LogP contribution in [0.15, 0.2) is 63.7 Å². The monoisotopic (exact) mass is 888 g/mol. The minimum absolute atomic E-state index is 0.0758. The molecule has 18 nitrogen and oxygen atoms in total. The van der Waals surface area contributed by atoms with E-state index in [4.69, 9.17) is 29.4 Å². The number of carbonyl (C=O) groups excluding carboxylic acids is 1. The molecule has 3 saturated carbocycles. The van der Waals surface area contributed by atoms with Crippen molar-refractivity contribution in [2.75, 3.05) is 39.5 Å². The summed E-state index contributed by atoms with van der Waals surface area (Å²) in [4.78, 5) is 33.1. The molecule has 6 rings (SSSR count). The van der Waals surface area contributed by atoms with Crippen LogP contribution in [0.2, 0.25) is 0 Å². The molecule has 6 aliphatic rings. The van der Waals surface area contributed by atoms with Crippen LogP contribution in [-0.4, -0.2) is 147 Å². The lowest BCUT2D eigenvalue weighted by atomic mass is 9.80. The summed E-state index contributed by atoms with van der Waals surface area (Å²) >= 11 is 0. The van der Waals surface area contributed by atoms with Gasteiger partial charge in [-0.15, -0.1) is 0 Å². The Labute approximate surface area is 368 Å². The van der Waals surface area contributed by atoms with Crippen molar-refractivity contribution < 1.29 is 69.0 Å². The number of esters is 1. The molecule has 0 aromatic rings. The standard InChI is InChI=1S/C45H68N4O14/c1-27(2)60-38-42(62-35(25-52)37(53)45(38,57)58)63-41-32(21-28-9-4-3-5-10-28)31(34(26-59-41)40(56)61-30-13-16-44(22-30)14-6-7-15-44)12-11-29-23-49(18-20-51)24-33(39(54)55)36(29)48-43(46)47-17-8-19-50/h11-12,21,24,26-27,30-32,35,37-38,41-42,50-53,57-58H,3-10,13-20,22-23,25H2,1-2H3,(H,54,55)(H3,46,47,48). The molecule has 0 aromatic heterocycles. The van der Waals surface area contributed by atoms with Gasteiger partial charge in [0.1, 0.15) is 18.3 Å². The Balaban J connectivity index is 1.44. The summed E-state index contributed by atoms with van der Waals surface area (Å²) in [6, 6.07) is 0. The van der Waals surface area contributed by atoms with Crippen LogP contribution in [0.25, 0.3) is 0 Å². The van der Waals surface area contributed by atoms with Crippen LogP contribution in [-0.2, 0) is 33.3 Å². The van der Waals surface area contributed by atoms with Crippen LogP contribution in [0, 0.1) is 17.3 Å². The lowest BCUT2D eigenvalue weighted by molar-refractivity contribution is -0.413. The molecule has 1 saturated heterocycles. The van der Waals surface area contributed by atoms with Gasteiger partial charge in [-0.3, -0.25) is 4.99 Å². The van der Waals surface area contributed by atoms with E-state index in [0.717, 1.165) is 82.6 Å². The van der Waals surface area contributed by atoms with Gasteiger partial charge in [0, 0.05) is 38.4 Å². The van der Waals surface area contributed by atoms with Gasteiger partial charge in [0.15, 0.2) is 18.4 Å². The van der Waals surface area contributed by atoms with E-state index in [-0.39, 0.29) is 67.2 Å². The fraction of sp³-hybridized carbons (Fsp3) is 0.711. The zero-order valence-electron chi connectivity index (χ0n) is 36.5. The number of carbonyl (C=O) groups is 2. The third kappa shape index (κ3) is 11.9. The molecule has 4 fully saturated rings. The molecule has 63 heavy (non-hydrogen) atoms. The zero-order chi connectivity index (χ0) is 45.3. The van der Waals surface area contributed by atoms with Crippen molar-refractivity contribution in [1.82, 2.24) is 10.2 Å². The van der Waals surface area contributed by atoms with Gasteiger partial charge in [0.05, 0.1) is 48.3 Å². The number of aliphatic hydroxyl groups excluding tert-OH is 4. The number of aliphatic imine (C=N–C) groups is 1. The highest BCUT2D eigenvalue weighted by Crippen LogP contribution is 2.51. The molecule has 8 atom stereocenters. The number of hydrogen-bond donors (Lipinski definition) is 9. The van der Waals surface area contributed by atoms with Crippen LogP contribution in [0.5, 0.6) is 0 Å². The molecule has 3 aliphatic carbocycles. The van der Waals surface area contributed by atoms with E-state index in [1.165, 1.54) is 12.5 Å². The molecule has 3 aliphatic heterocycles. The summed E-state index contributed by atoms with van der Waals surface area (Å²) < 4.78 is 30.9. The SMILES string of the molecule is CC(C)OC1C(OC2OC=C(C(=O)OC3CCC4(CCCC4)C3)C(C=CC3=C(NC(N)=NCCCO)C(C(=O)O)=CN(CCO)C3)C2C=C2CCCCC2)OC(CO)C(O)C1(O)O. The molecular formula is C45H68N4O14. The van der Waals surface area contributed by atoms with E-state index in [1.807, 2.05) is 6.08 Å². The first-order chi connectivity index (χ1) is 30.2. The van der Waals surface area contributed by atoms with Crippen molar-refractivity contribution in [3.8, 4) is 0 Å². The predicted octanol–water partition coefficient (Wildman–Crippen LogP) is 1.95. The van der Waals surface area contributed by atoms with E-state index < -0.39 is 73.2 Å². The number of aliphatic hydroxyl groups is 6. The van der Waals surface area contributed by atoms with Crippen molar-refractivity contribution in [3.63, 3.8) is 0 Å². The van der Waals surface area contributed by atoms with E-state index in [9.17, 15) is 45.3 Å². The number of nitrogens with one attached hydrogen (secondary N) is 1. The van der Waals surface area contributed by atoms with Gasteiger partial charge in [-0.25, -0.2) is 9.59 Å². The lowest BCUT2D eigenvalue weighted by Gasteiger charge is -2.48. The van der Waals surface area contributed by atoms with Crippen molar-refractivity contribution in [2.24, 2.45) is 28.0 Å². The highest BCUT2D eigenvalue weighted by Gasteiger charge is 2.58. The Morgan fingerprint density at radius 2 is 1.81 bits per heavy atom. The summed E-state index contributed by atoms with van der Waals surface area (Å²) in [6.45, 7) is 2.62. The second-order valence-corrected chi connectivity index (χ2v) is 18.0. The second kappa shape index (κ2) is 21.9. The number of allylic oxidation sites excluding steroid dienone is 2. The van der Waals surface area contributed by atoms with Gasteiger partial charge in [0.2, 0.25) is 12.1 Å². The fourth-order valence-corrected chi connectivity index (χ4v) is 9.84. The Hall–Kier alpha value is -3.85. The quantitative estimate of drug-likeness (QED) is 0.0252. The first kappa shape index (κ1) is 48.6. The number of carboxylic acid groups (broad SMARTS) is 1. The van der Waals surface area contributed by atoms with Crippen molar-refractivity contribution in [3.05, 3.63) is 58.7 Å². The molecule has 10 N–H and O–H groups in total. The fourth-order valence-electron chi connectivity index (χ4n) is 9.84.